The lowest BCUT2D eigenvalue weighted by atomic mass is 10.0. The number of hydrogen-bond donors (Lipinski definition) is 1. The number of aryl methyl sites for hydroxylation is 2. The summed E-state index contributed by atoms with van der Waals surface area (Å²) >= 11 is 0. The van der Waals surface area contributed by atoms with Gasteiger partial charge in [0.1, 0.15) is 0 Å². The van der Waals surface area contributed by atoms with Crippen molar-refractivity contribution in [1.29, 1.82) is 0 Å². The van der Waals surface area contributed by atoms with Crippen LogP contribution in [0.25, 0.3) is 0 Å². The summed E-state index contributed by atoms with van der Waals surface area (Å²) in [5.41, 5.74) is 6.34. The Kier molecular flexibility index (Phi) is 4.09. The Morgan fingerprint density at radius 3 is 2.14 bits per heavy atom. The second-order valence-corrected chi connectivity index (χ2v) is 6.20. The fourth-order valence-electron chi connectivity index (χ4n) is 3.24. The summed E-state index contributed by atoms with van der Waals surface area (Å²) < 4.78 is 0. The molecule has 0 spiro atoms. The van der Waals surface area contributed by atoms with Crippen molar-refractivity contribution in [2.24, 2.45) is 0 Å². The van der Waals surface area contributed by atoms with Gasteiger partial charge in [-0.2, -0.15) is 0 Å². The van der Waals surface area contributed by atoms with E-state index in [2.05, 4.69) is 61.2 Å². The lowest BCUT2D eigenvalue weighted by Crippen LogP contribution is -2.19. The van der Waals surface area contributed by atoms with Gasteiger partial charge in [-0.15, -0.1) is 0 Å². The molecule has 2 heteroatoms. The number of nitrogens with zero attached hydrogens (tertiary/aromatic N) is 1. The van der Waals surface area contributed by atoms with Gasteiger partial charge in [-0.3, -0.25) is 4.90 Å². The normalized spacial score (nSPS) is 16.0. The number of aliphatic hydroxyl groups excluding tert-OH is 1. The summed E-state index contributed by atoms with van der Waals surface area (Å²) in [6.45, 7) is 7.12. The zero-order valence-corrected chi connectivity index (χ0v) is 12.8. The molecule has 1 heterocycles. The molecule has 1 aliphatic heterocycles. The molecule has 0 saturated heterocycles. The summed E-state index contributed by atoms with van der Waals surface area (Å²) in [4.78, 5) is 2.41. The standard InChI is InChI=1S/C19H23NO/c1-14-9-15(2)11-18(10-14)19(21)7-8-20-12-16-5-3-4-6-17(16)13-20/h3-6,9-11,19,21H,7-8,12-13H2,1-2H3. The molecular formula is C19H23NO. The Morgan fingerprint density at radius 2 is 1.57 bits per heavy atom. The van der Waals surface area contributed by atoms with Gasteiger partial charge < -0.3 is 5.11 Å². The first kappa shape index (κ1) is 14.3. The predicted molar refractivity (Wildman–Crippen MR) is 86.0 cm³/mol. The van der Waals surface area contributed by atoms with Crippen LogP contribution >= 0.6 is 0 Å². The molecule has 110 valence electrons. The third kappa shape index (κ3) is 3.34. The average Bonchev–Trinajstić information content (AvgIpc) is 2.86. The number of aliphatic hydroxyl groups is 1. The highest BCUT2D eigenvalue weighted by atomic mass is 16.3. The van der Waals surface area contributed by atoms with Crippen LogP contribution in [0.15, 0.2) is 42.5 Å². The number of benzene rings is 2. The number of hydrogen-bond acceptors (Lipinski definition) is 2. The molecule has 0 bridgehead atoms. The first-order valence-electron chi connectivity index (χ1n) is 7.67. The molecule has 0 aliphatic carbocycles. The number of fused-ring (bicyclic) bond motifs is 1. The van der Waals surface area contributed by atoms with Crippen LogP contribution in [-0.2, 0) is 13.1 Å². The van der Waals surface area contributed by atoms with Gasteiger partial charge in [0.2, 0.25) is 0 Å². The maximum atomic E-state index is 10.4. The topological polar surface area (TPSA) is 23.5 Å². The minimum atomic E-state index is -0.368. The highest BCUT2D eigenvalue weighted by Gasteiger charge is 2.19. The van der Waals surface area contributed by atoms with Gasteiger partial charge in [-0.1, -0.05) is 53.6 Å². The van der Waals surface area contributed by atoms with Crippen molar-refractivity contribution in [3.05, 3.63) is 70.3 Å². The minimum absolute atomic E-state index is 0.368. The quantitative estimate of drug-likeness (QED) is 0.922. The predicted octanol–water partition coefficient (Wildman–Crippen LogP) is 3.74. The van der Waals surface area contributed by atoms with Crippen LogP contribution in [0.2, 0.25) is 0 Å². The van der Waals surface area contributed by atoms with E-state index in [1.54, 1.807) is 0 Å². The molecule has 21 heavy (non-hydrogen) atoms. The molecule has 2 aromatic carbocycles. The van der Waals surface area contributed by atoms with Crippen LogP contribution in [-0.4, -0.2) is 16.6 Å². The van der Waals surface area contributed by atoms with Crippen LogP contribution in [0.3, 0.4) is 0 Å². The molecule has 2 nitrogen and oxygen atoms in total. The first-order valence-corrected chi connectivity index (χ1v) is 7.67. The summed E-state index contributed by atoms with van der Waals surface area (Å²) in [5.74, 6) is 0. The second kappa shape index (κ2) is 6.00. The van der Waals surface area contributed by atoms with E-state index in [0.717, 1.165) is 31.6 Å². The van der Waals surface area contributed by atoms with E-state index in [0.29, 0.717) is 0 Å². The Hall–Kier alpha value is -1.64. The maximum absolute atomic E-state index is 10.4. The van der Waals surface area contributed by atoms with Crippen molar-refractivity contribution < 1.29 is 5.11 Å². The van der Waals surface area contributed by atoms with E-state index in [9.17, 15) is 5.11 Å². The van der Waals surface area contributed by atoms with Gasteiger partial charge in [-0.05, 0) is 37.0 Å². The van der Waals surface area contributed by atoms with Crippen molar-refractivity contribution in [2.45, 2.75) is 39.5 Å². The van der Waals surface area contributed by atoms with Crippen molar-refractivity contribution in [2.75, 3.05) is 6.54 Å². The second-order valence-electron chi connectivity index (χ2n) is 6.20. The van der Waals surface area contributed by atoms with E-state index in [-0.39, 0.29) is 6.10 Å². The number of rotatable bonds is 4. The van der Waals surface area contributed by atoms with E-state index in [4.69, 9.17) is 0 Å². The van der Waals surface area contributed by atoms with Crippen LogP contribution in [0, 0.1) is 13.8 Å². The largest absolute Gasteiger partial charge is 0.388 e. The van der Waals surface area contributed by atoms with E-state index in [1.165, 1.54) is 22.3 Å². The van der Waals surface area contributed by atoms with Crippen LogP contribution in [0.4, 0.5) is 0 Å². The van der Waals surface area contributed by atoms with Crippen LogP contribution in [0.5, 0.6) is 0 Å². The van der Waals surface area contributed by atoms with Gasteiger partial charge in [0.25, 0.3) is 0 Å². The average molecular weight is 281 g/mol. The van der Waals surface area contributed by atoms with Gasteiger partial charge in [0.15, 0.2) is 0 Å². The zero-order valence-electron chi connectivity index (χ0n) is 12.8. The van der Waals surface area contributed by atoms with Gasteiger partial charge in [0, 0.05) is 19.6 Å². The highest BCUT2D eigenvalue weighted by Crippen LogP contribution is 2.25. The highest BCUT2D eigenvalue weighted by molar-refractivity contribution is 5.31. The molecule has 0 aromatic heterocycles. The Labute approximate surface area is 127 Å². The van der Waals surface area contributed by atoms with Crippen LogP contribution < -0.4 is 0 Å². The summed E-state index contributed by atoms with van der Waals surface area (Å²) in [5, 5.41) is 10.4. The lowest BCUT2D eigenvalue weighted by molar-refractivity contribution is 0.141. The van der Waals surface area contributed by atoms with E-state index in [1.807, 2.05) is 0 Å². The molecule has 0 fully saturated rings. The Bertz CT molecular complexity index is 590. The molecule has 2 aromatic rings. The van der Waals surface area contributed by atoms with Crippen molar-refractivity contribution >= 4 is 0 Å². The van der Waals surface area contributed by atoms with Gasteiger partial charge in [0.05, 0.1) is 6.10 Å². The van der Waals surface area contributed by atoms with Crippen molar-refractivity contribution in [3.8, 4) is 0 Å². The molecule has 0 saturated carbocycles. The summed E-state index contributed by atoms with van der Waals surface area (Å²) in [7, 11) is 0. The maximum Gasteiger partial charge on any atom is 0.0802 e. The third-order valence-electron chi connectivity index (χ3n) is 4.25. The van der Waals surface area contributed by atoms with Crippen LogP contribution in [0.1, 0.15) is 40.3 Å². The molecule has 0 amide bonds. The molecule has 1 atom stereocenters. The van der Waals surface area contributed by atoms with Crippen molar-refractivity contribution in [1.82, 2.24) is 4.90 Å². The summed E-state index contributed by atoms with van der Waals surface area (Å²) in [6, 6.07) is 14.9. The Morgan fingerprint density at radius 1 is 1.00 bits per heavy atom. The Balaban J connectivity index is 1.59. The fourth-order valence-corrected chi connectivity index (χ4v) is 3.24. The van der Waals surface area contributed by atoms with Crippen molar-refractivity contribution in [3.63, 3.8) is 0 Å². The molecule has 3 rings (SSSR count). The third-order valence-corrected chi connectivity index (χ3v) is 4.25. The van der Waals surface area contributed by atoms with Gasteiger partial charge >= 0.3 is 0 Å². The first-order chi connectivity index (χ1) is 10.1. The smallest absolute Gasteiger partial charge is 0.0802 e. The molecule has 1 unspecified atom stereocenters. The van der Waals surface area contributed by atoms with E-state index < -0.39 is 0 Å². The molecule has 0 radical (unpaired) electrons. The monoisotopic (exact) mass is 281 g/mol. The molecule has 1 N–H and O–H groups in total. The molecular weight excluding hydrogens is 258 g/mol. The molecule has 1 aliphatic rings. The fraction of sp³-hybridized carbons (Fsp3) is 0.368. The lowest BCUT2D eigenvalue weighted by Gasteiger charge is -2.18. The van der Waals surface area contributed by atoms with Gasteiger partial charge in [-0.25, -0.2) is 0 Å². The zero-order chi connectivity index (χ0) is 14.8. The SMILES string of the molecule is Cc1cc(C)cc(C(O)CCN2Cc3ccccc3C2)c1. The minimum Gasteiger partial charge on any atom is -0.388 e. The summed E-state index contributed by atoms with van der Waals surface area (Å²) in [6.07, 6.45) is 0.420. The van der Waals surface area contributed by atoms with E-state index >= 15 is 0 Å².